The molecule has 0 fully saturated rings. The van der Waals surface area contributed by atoms with Crippen molar-refractivity contribution in [1.29, 1.82) is 5.26 Å². The molecular formula is C11H12FNS. The van der Waals surface area contributed by atoms with Crippen LogP contribution in [0.2, 0.25) is 0 Å². The Bertz CT molecular complexity index is 355. The summed E-state index contributed by atoms with van der Waals surface area (Å²) in [6.07, 6.45) is 0. The van der Waals surface area contributed by atoms with Crippen molar-refractivity contribution in [3.63, 3.8) is 0 Å². The smallest absolute Gasteiger partial charge is 0.142 e. The number of nitriles is 1. The molecule has 0 radical (unpaired) electrons. The molecule has 0 spiro atoms. The van der Waals surface area contributed by atoms with E-state index in [0.29, 0.717) is 5.92 Å². The van der Waals surface area contributed by atoms with Crippen LogP contribution in [0.3, 0.4) is 0 Å². The number of rotatable bonds is 3. The second-order valence-electron chi connectivity index (χ2n) is 3.43. The fourth-order valence-corrected chi connectivity index (χ4v) is 1.96. The lowest BCUT2D eigenvalue weighted by Crippen LogP contribution is -1.93. The van der Waals surface area contributed by atoms with Crippen LogP contribution in [0.5, 0.6) is 0 Å². The molecule has 1 nitrogen and oxygen atoms in total. The molecule has 0 bridgehead atoms. The fourth-order valence-electron chi connectivity index (χ4n) is 0.990. The van der Waals surface area contributed by atoms with Gasteiger partial charge in [-0.2, -0.15) is 5.26 Å². The van der Waals surface area contributed by atoms with E-state index in [-0.39, 0.29) is 5.56 Å². The first-order chi connectivity index (χ1) is 6.65. The summed E-state index contributed by atoms with van der Waals surface area (Å²) in [6, 6.07) is 6.63. The van der Waals surface area contributed by atoms with Crippen LogP contribution in [0.25, 0.3) is 0 Å². The van der Waals surface area contributed by atoms with Gasteiger partial charge in [-0.25, -0.2) is 4.39 Å². The van der Waals surface area contributed by atoms with Gasteiger partial charge < -0.3 is 0 Å². The second kappa shape index (κ2) is 5.02. The average molecular weight is 209 g/mol. The Morgan fingerprint density at radius 3 is 2.79 bits per heavy atom. The summed E-state index contributed by atoms with van der Waals surface area (Å²) < 4.78 is 13.1. The number of hydrogen-bond donors (Lipinski definition) is 0. The highest BCUT2D eigenvalue weighted by Gasteiger charge is 2.08. The van der Waals surface area contributed by atoms with Crippen molar-refractivity contribution in [2.75, 3.05) is 5.75 Å². The number of halogens is 1. The van der Waals surface area contributed by atoms with E-state index in [0.717, 1.165) is 10.6 Å². The van der Waals surface area contributed by atoms with E-state index in [1.165, 1.54) is 17.8 Å². The molecule has 0 aliphatic rings. The zero-order valence-corrected chi connectivity index (χ0v) is 9.07. The molecule has 0 aliphatic carbocycles. The van der Waals surface area contributed by atoms with E-state index in [9.17, 15) is 4.39 Å². The number of benzene rings is 1. The highest BCUT2D eigenvalue weighted by Crippen LogP contribution is 2.25. The van der Waals surface area contributed by atoms with E-state index in [2.05, 4.69) is 13.8 Å². The van der Waals surface area contributed by atoms with Crippen molar-refractivity contribution in [2.24, 2.45) is 5.92 Å². The van der Waals surface area contributed by atoms with Crippen molar-refractivity contribution in [2.45, 2.75) is 18.7 Å². The first-order valence-electron chi connectivity index (χ1n) is 4.46. The first-order valence-corrected chi connectivity index (χ1v) is 5.45. The molecule has 3 heteroatoms. The van der Waals surface area contributed by atoms with E-state index < -0.39 is 5.82 Å². The van der Waals surface area contributed by atoms with Crippen molar-refractivity contribution < 1.29 is 4.39 Å². The van der Waals surface area contributed by atoms with Gasteiger partial charge in [0, 0.05) is 10.6 Å². The number of hydrogen-bond acceptors (Lipinski definition) is 2. The predicted molar refractivity (Wildman–Crippen MR) is 56.7 cm³/mol. The Hall–Kier alpha value is -1.01. The zero-order valence-electron chi connectivity index (χ0n) is 8.25. The minimum atomic E-state index is -0.429. The molecule has 0 saturated carbocycles. The van der Waals surface area contributed by atoms with Crippen molar-refractivity contribution in [3.05, 3.63) is 29.6 Å². The van der Waals surface area contributed by atoms with Crippen molar-refractivity contribution in [1.82, 2.24) is 0 Å². The highest BCUT2D eigenvalue weighted by molar-refractivity contribution is 7.99. The first kappa shape index (κ1) is 11.1. The largest absolute Gasteiger partial charge is 0.206 e. The lowest BCUT2D eigenvalue weighted by molar-refractivity contribution is 0.619. The molecule has 0 saturated heterocycles. The Morgan fingerprint density at radius 1 is 1.50 bits per heavy atom. The standard InChI is InChI=1S/C11H12FNS/c1-8(2)7-14-11-5-3-4-10(12)9(11)6-13/h3-5,8H,7H2,1-2H3. The van der Waals surface area contributed by atoms with Crippen LogP contribution in [0.1, 0.15) is 19.4 Å². The van der Waals surface area contributed by atoms with E-state index in [1.807, 2.05) is 6.07 Å². The van der Waals surface area contributed by atoms with Crippen LogP contribution in [0, 0.1) is 23.1 Å². The molecule has 0 amide bonds. The van der Waals surface area contributed by atoms with E-state index >= 15 is 0 Å². The maximum Gasteiger partial charge on any atom is 0.142 e. The lowest BCUT2D eigenvalue weighted by atomic mass is 10.2. The van der Waals surface area contributed by atoms with Gasteiger partial charge in [0.2, 0.25) is 0 Å². The van der Waals surface area contributed by atoms with Gasteiger partial charge in [0.15, 0.2) is 0 Å². The van der Waals surface area contributed by atoms with Gasteiger partial charge in [-0.05, 0) is 18.1 Å². The van der Waals surface area contributed by atoms with Crippen LogP contribution in [0.15, 0.2) is 23.1 Å². The van der Waals surface area contributed by atoms with Crippen LogP contribution < -0.4 is 0 Å². The maximum absolute atomic E-state index is 13.1. The minimum absolute atomic E-state index is 0.165. The average Bonchev–Trinajstić information content (AvgIpc) is 2.14. The van der Waals surface area contributed by atoms with Gasteiger partial charge in [-0.15, -0.1) is 11.8 Å². The van der Waals surface area contributed by atoms with Gasteiger partial charge in [0.1, 0.15) is 17.4 Å². The maximum atomic E-state index is 13.1. The molecular weight excluding hydrogens is 197 g/mol. The molecule has 14 heavy (non-hydrogen) atoms. The Morgan fingerprint density at radius 2 is 2.21 bits per heavy atom. The summed E-state index contributed by atoms with van der Waals surface area (Å²) in [5.41, 5.74) is 0.165. The van der Waals surface area contributed by atoms with Gasteiger partial charge in [-0.1, -0.05) is 19.9 Å². The SMILES string of the molecule is CC(C)CSc1cccc(F)c1C#N. The molecule has 0 unspecified atom stereocenters. The fraction of sp³-hybridized carbons (Fsp3) is 0.364. The molecule has 1 aromatic carbocycles. The van der Waals surface area contributed by atoms with Gasteiger partial charge in [0.25, 0.3) is 0 Å². The Labute approximate surface area is 87.9 Å². The van der Waals surface area contributed by atoms with Crippen LogP contribution in [-0.4, -0.2) is 5.75 Å². The summed E-state index contributed by atoms with van der Waals surface area (Å²) >= 11 is 1.53. The Kier molecular flexibility index (Phi) is 3.97. The third-order valence-corrected chi connectivity index (χ3v) is 3.14. The van der Waals surface area contributed by atoms with Crippen LogP contribution >= 0.6 is 11.8 Å². The van der Waals surface area contributed by atoms with Gasteiger partial charge >= 0.3 is 0 Å². The molecule has 0 atom stereocenters. The summed E-state index contributed by atoms with van der Waals surface area (Å²) in [5.74, 6) is 1.01. The lowest BCUT2D eigenvalue weighted by Gasteiger charge is -2.06. The monoisotopic (exact) mass is 209 g/mol. The van der Waals surface area contributed by atoms with Gasteiger partial charge in [0.05, 0.1) is 0 Å². The molecule has 0 N–H and O–H groups in total. The summed E-state index contributed by atoms with van der Waals surface area (Å²) in [5, 5.41) is 8.76. The molecule has 74 valence electrons. The topological polar surface area (TPSA) is 23.8 Å². The normalized spacial score (nSPS) is 10.2. The zero-order chi connectivity index (χ0) is 10.6. The number of nitrogens with zero attached hydrogens (tertiary/aromatic N) is 1. The second-order valence-corrected chi connectivity index (χ2v) is 4.49. The third-order valence-electron chi connectivity index (χ3n) is 1.66. The van der Waals surface area contributed by atoms with Crippen molar-refractivity contribution in [3.8, 4) is 6.07 Å². The highest BCUT2D eigenvalue weighted by atomic mass is 32.2. The van der Waals surface area contributed by atoms with E-state index in [1.54, 1.807) is 12.1 Å². The third kappa shape index (κ3) is 2.74. The van der Waals surface area contributed by atoms with Crippen molar-refractivity contribution >= 4 is 11.8 Å². The number of thioether (sulfide) groups is 1. The minimum Gasteiger partial charge on any atom is -0.206 e. The molecule has 0 heterocycles. The predicted octanol–water partition coefficient (Wildman–Crippen LogP) is 3.45. The van der Waals surface area contributed by atoms with Crippen LogP contribution in [0.4, 0.5) is 4.39 Å². The van der Waals surface area contributed by atoms with Crippen LogP contribution in [-0.2, 0) is 0 Å². The molecule has 1 aromatic rings. The quantitative estimate of drug-likeness (QED) is 0.712. The van der Waals surface area contributed by atoms with Gasteiger partial charge in [-0.3, -0.25) is 0 Å². The molecule has 1 rings (SSSR count). The Balaban J connectivity index is 2.87. The summed E-state index contributed by atoms with van der Waals surface area (Å²) in [6.45, 7) is 4.19. The molecule has 0 aromatic heterocycles. The summed E-state index contributed by atoms with van der Waals surface area (Å²) in [4.78, 5) is 0.737. The summed E-state index contributed by atoms with van der Waals surface area (Å²) in [7, 11) is 0. The molecule has 0 aliphatic heterocycles. The van der Waals surface area contributed by atoms with E-state index in [4.69, 9.17) is 5.26 Å².